The van der Waals surface area contributed by atoms with Crippen LogP contribution in [0.5, 0.6) is 0 Å². The monoisotopic (exact) mass is 969 g/mol. The van der Waals surface area contributed by atoms with Crippen LogP contribution in [0, 0.1) is 13.8 Å². The molecule has 4 fully saturated rings. The van der Waals surface area contributed by atoms with Gasteiger partial charge in [-0.15, -0.1) is 0 Å². The third kappa shape index (κ3) is 16.4. The number of piperidine rings is 2. The number of hydrogen-bond acceptors (Lipinski definition) is 14. The number of methoxy groups -OCH3 is 2. The molecule has 8 rings (SSSR count). The Bertz CT molecular complexity index is 2260. The zero-order valence-corrected chi connectivity index (χ0v) is 43.6. The van der Waals surface area contributed by atoms with Crippen molar-refractivity contribution in [2.45, 2.75) is 118 Å². The van der Waals surface area contributed by atoms with Crippen LogP contribution in [0.2, 0.25) is 0 Å². The maximum atomic E-state index is 13.0. The molecule has 70 heavy (non-hydrogen) atoms. The average molecular weight is 969 g/mol. The Hall–Kier alpha value is -5.33. The van der Waals surface area contributed by atoms with Gasteiger partial charge in [-0.05, 0) is 128 Å². The van der Waals surface area contributed by atoms with Crippen molar-refractivity contribution >= 4 is 29.3 Å². The summed E-state index contributed by atoms with van der Waals surface area (Å²) in [4.78, 5) is 48.2. The van der Waals surface area contributed by atoms with E-state index < -0.39 is 17.2 Å². The molecule has 4 aliphatic rings. The van der Waals surface area contributed by atoms with Crippen LogP contribution in [0.15, 0.2) is 60.9 Å². The number of rotatable bonds is 10. The van der Waals surface area contributed by atoms with E-state index in [0.29, 0.717) is 31.0 Å². The van der Waals surface area contributed by atoms with Gasteiger partial charge in [0.1, 0.15) is 16.9 Å². The Labute approximate surface area is 416 Å². The molecule has 384 valence electrons. The van der Waals surface area contributed by atoms with E-state index >= 15 is 0 Å². The van der Waals surface area contributed by atoms with E-state index in [4.69, 9.17) is 18.9 Å². The van der Waals surface area contributed by atoms with E-state index in [1.54, 1.807) is 38.8 Å². The highest BCUT2D eigenvalue weighted by Crippen LogP contribution is 2.29. The smallest absolute Gasteiger partial charge is 0.359 e. The SMILES string of the molecule is CC(C)(C)OC(=O)c1ccn[nH]1.COC1CCN(c2cc(C)ccc2CN2CCN(C(=O)n3ccc(C(=O)OC(C)(C)C)n3)CC2)CC1.COC1CCN(c2cc(C)ccc2CN2CCNCC2)CC1. The molecule has 4 aromatic rings. The predicted octanol–water partition coefficient (Wildman–Crippen LogP) is 6.93. The molecule has 0 saturated carbocycles. The quantitative estimate of drug-likeness (QED) is 0.157. The third-order valence-corrected chi connectivity index (χ3v) is 12.9. The van der Waals surface area contributed by atoms with Crippen molar-refractivity contribution in [3.8, 4) is 0 Å². The number of carbonyl (C=O) groups is 3. The molecule has 1 amide bonds. The van der Waals surface area contributed by atoms with Gasteiger partial charge in [-0.25, -0.2) is 14.4 Å². The van der Waals surface area contributed by atoms with Crippen LogP contribution in [0.3, 0.4) is 0 Å². The molecule has 2 N–H and O–H groups in total. The number of piperazine rings is 2. The van der Waals surface area contributed by atoms with Gasteiger partial charge in [0.15, 0.2) is 5.69 Å². The van der Waals surface area contributed by atoms with Crippen LogP contribution < -0.4 is 15.1 Å². The second-order valence-electron chi connectivity index (χ2n) is 20.8. The van der Waals surface area contributed by atoms with Gasteiger partial charge in [0.2, 0.25) is 0 Å². The van der Waals surface area contributed by atoms with Crippen molar-refractivity contribution in [2.24, 2.45) is 0 Å². The molecule has 0 atom stereocenters. The highest BCUT2D eigenvalue weighted by molar-refractivity contribution is 5.88. The normalized spacial score (nSPS) is 17.8. The van der Waals surface area contributed by atoms with Gasteiger partial charge in [-0.2, -0.15) is 14.9 Å². The molecule has 0 bridgehead atoms. The number of H-pyrrole nitrogens is 1. The fourth-order valence-electron chi connectivity index (χ4n) is 9.03. The molecule has 0 unspecified atom stereocenters. The zero-order chi connectivity index (χ0) is 50.4. The summed E-state index contributed by atoms with van der Waals surface area (Å²) in [6, 6.07) is 16.5. The number of ether oxygens (including phenoxy) is 4. The molecule has 4 saturated heterocycles. The van der Waals surface area contributed by atoms with Gasteiger partial charge in [0.25, 0.3) is 0 Å². The summed E-state index contributed by atoms with van der Waals surface area (Å²) in [5, 5.41) is 13.8. The van der Waals surface area contributed by atoms with Gasteiger partial charge in [-0.3, -0.25) is 14.9 Å². The lowest BCUT2D eigenvalue weighted by molar-refractivity contribution is 0.00501. The van der Waals surface area contributed by atoms with Crippen molar-refractivity contribution in [1.29, 1.82) is 0 Å². The number of nitrogens with one attached hydrogen (secondary N) is 2. The Morgan fingerprint density at radius 2 is 1.11 bits per heavy atom. The number of hydrogen-bond donors (Lipinski definition) is 2. The first kappa shape index (κ1) is 54.0. The van der Waals surface area contributed by atoms with Crippen molar-refractivity contribution in [3.05, 3.63) is 94.6 Å². The van der Waals surface area contributed by atoms with Gasteiger partial charge in [0, 0.05) is 130 Å². The number of benzene rings is 2. The lowest BCUT2D eigenvalue weighted by Gasteiger charge is -2.37. The largest absolute Gasteiger partial charge is 0.455 e. The molecular formula is C53H80N10O7. The standard InChI is InChI=1S/C27H39N5O4.C18H29N3O.C8H12N2O2/c1-20-6-7-21(24(18-20)30-11-8-22(35-5)9-12-30)19-29-14-16-31(17-15-29)26(34)32-13-10-23(28-32)25(33)36-27(2,3)4;1-15-3-4-16(14-20-11-7-19-8-12-20)18(13-15)21-9-5-17(22-2)6-10-21;1-8(2,3)12-7(11)6-4-5-9-10-6/h6-7,10,13,18,22H,8-9,11-12,14-17,19H2,1-5H3;3-4,13,17,19H,5-12,14H2,1-2H3;4-5H,1-3H3,(H,9,10). The number of carbonyl (C=O) groups excluding carboxylic acids is 3. The summed E-state index contributed by atoms with van der Waals surface area (Å²) in [5.74, 6) is -0.904. The Morgan fingerprint density at radius 1 is 0.629 bits per heavy atom. The molecule has 0 aliphatic carbocycles. The number of aromatic amines is 1. The van der Waals surface area contributed by atoms with Crippen LogP contribution in [-0.4, -0.2) is 169 Å². The van der Waals surface area contributed by atoms with E-state index in [9.17, 15) is 14.4 Å². The summed E-state index contributed by atoms with van der Waals surface area (Å²) in [7, 11) is 3.64. The number of anilines is 2. The summed E-state index contributed by atoms with van der Waals surface area (Å²) < 4.78 is 22.7. The molecule has 0 spiro atoms. The van der Waals surface area contributed by atoms with Crippen LogP contribution in [0.1, 0.15) is 110 Å². The second-order valence-corrected chi connectivity index (χ2v) is 20.8. The lowest BCUT2D eigenvalue weighted by atomic mass is 10.0. The molecule has 17 heteroatoms. The maximum absolute atomic E-state index is 13.0. The van der Waals surface area contributed by atoms with Gasteiger partial charge >= 0.3 is 18.0 Å². The number of aromatic nitrogens is 4. The van der Waals surface area contributed by atoms with Crippen LogP contribution in [-0.2, 0) is 32.0 Å². The molecule has 6 heterocycles. The van der Waals surface area contributed by atoms with Gasteiger partial charge in [0.05, 0.1) is 12.2 Å². The summed E-state index contributed by atoms with van der Waals surface area (Å²) in [6.45, 7) is 28.7. The molecule has 4 aliphatic heterocycles. The first-order chi connectivity index (χ1) is 33.4. The fourth-order valence-corrected chi connectivity index (χ4v) is 9.03. The highest BCUT2D eigenvalue weighted by atomic mass is 16.6. The Kier molecular flexibility index (Phi) is 19.4. The minimum atomic E-state index is -0.612. The minimum absolute atomic E-state index is 0.137. The minimum Gasteiger partial charge on any atom is -0.455 e. The van der Waals surface area contributed by atoms with Crippen LogP contribution in [0.4, 0.5) is 16.2 Å². The first-order valence-corrected chi connectivity index (χ1v) is 25.1. The van der Waals surface area contributed by atoms with E-state index in [1.807, 2.05) is 27.9 Å². The highest BCUT2D eigenvalue weighted by Gasteiger charge is 2.28. The summed E-state index contributed by atoms with van der Waals surface area (Å²) >= 11 is 0. The third-order valence-electron chi connectivity index (χ3n) is 12.9. The first-order valence-electron chi connectivity index (χ1n) is 25.1. The fraction of sp³-hybridized carbons (Fsp3) is 0.604. The Balaban J connectivity index is 0.000000199. The van der Waals surface area contributed by atoms with Crippen molar-refractivity contribution in [1.82, 2.24) is 40.0 Å². The lowest BCUT2D eigenvalue weighted by Crippen LogP contribution is -2.49. The Morgan fingerprint density at radius 3 is 1.57 bits per heavy atom. The number of amides is 1. The van der Waals surface area contributed by atoms with E-state index in [1.165, 1.54) is 56.8 Å². The molecular weight excluding hydrogens is 889 g/mol. The summed E-state index contributed by atoms with van der Waals surface area (Å²) in [5.41, 5.74) is 7.62. The second kappa shape index (κ2) is 25.2. The van der Waals surface area contributed by atoms with Crippen LogP contribution in [0.25, 0.3) is 0 Å². The van der Waals surface area contributed by atoms with E-state index in [-0.39, 0.29) is 17.7 Å². The van der Waals surface area contributed by atoms with Gasteiger partial charge < -0.3 is 39.0 Å². The predicted molar refractivity (Wildman–Crippen MR) is 274 cm³/mol. The maximum Gasteiger partial charge on any atom is 0.359 e. The number of nitrogens with zero attached hydrogens (tertiary/aromatic N) is 8. The van der Waals surface area contributed by atoms with Crippen LogP contribution >= 0.6 is 0 Å². The van der Waals surface area contributed by atoms with E-state index in [0.717, 1.165) is 104 Å². The van der Waals surface area contributed by atoms with E-state index in [2.05, 4.69) is 90.5 Å². The molecule has 17 nitrogen and oxygen atoms in total. The van der Waals surface area contributed by atoms with Crippen molar-refractivity contribution in [3.63, 3.8) is 0 Å². The van der Waals surface area contributed by atoms with Gasteiger partial charge in [-0.1, -0.05) is 24.3 Å². The molecule has 2 aromatic heterocycles. The molecule has 0 radical (unpaired) electrons. The topological polar surface area (TPSA) is 163 Å². The zero-order valence-electron chi connectivity index (χ0n) is 43.6. The van der Waals surface area contributed by atoms with Crippen molar-refractivity contribution < 1.29 is 33.3 Å². The number of aryl methyl sites for hydroxylation is 2. The summed E-state index contributed by atoms with van der Waals surface area (Å²) in [6.07, 6.45) is 8.21. The average Bonchev–Trinajstić information content (AvgIpc) is 4.08. The molecule has 2 aromatic carbocycles. The van der Waals surface area contributed by atoms with Crippen molar-refractivity contribution in [2.75, 3.05) is 103 Å². The number of esters is 2.